The van der Waals surface area contributed by atoms with Crippen LogP contribution in [0.1, 0.15) is 18.9 Å². The zero-order chi connectivity index (χ0) is 15.6. The molecule has 114 valence electrons. The van der Waals surface area contributed by atoms with E-state index < -0.39 is 0 Å². The van der Waals surface area contributed by atoms with Gasteiger partial charge in [0.2, 0.25) is 0 Å². The average Bonchev–Trinajstić information content (AvgIpc) is 2.61. The maximum Gasteiger partial charge on any atom is 0.140 e. The third-order valence-corrected chi connectivity index (χ3v) is 5.16. The second kappa shape index (κ2) is 6.09. The van der Waals surface area contributed by atoms with E-state index in [0.29, 0.717) is 0 Å². The number of rotatable bonds is 3. The van der Waals surface area contributed by atoms with E-state index in [1.807, 2.05) is 24.0 Å². The van der Waals surface area contributed by atoms with E-state index in [1.54, 1.807) is 0 Å². The molecule has 0 saturated heterocycles. The molecule has 1 aliphatic rings. The van der Waals surface area contributed by atoms with Crippen molar-refractivity contribution in [2.24, 2.45) is 0 Å². The van der Waals surface area contributed by atoms with Crippen LogP contribution in [-0.4, -0.2) is 4.98 Å². The molecule has 0 bridgehead atoms. The summed E-state index contributed by atoms with van der Waals surface area (Å²) in [5.74, 6) is 1.05. The van der Waals surface area contributed by atoms with Crippen LogP contribution in [-0.2, 0) is 6.42 Å². The lowest BCUT2D eigenvalue weighted by Gasteiger charge is -2.33. The Morgan fingerprint density at radius 1 is 0.870 bits per heavy atom. The number of pyridine rings is 1. The summed E-state index contributed by atoms with van der Waals surface area (Å²) in [6.45, 7) is 2.21. The van der Waals surface area contributed by atoms with Crippen molar-refractivity contribution in [1.82, 2.24) is 4.98 Å². The normalized spacial score (nSPS) is 12.7. The minimum Gasteiger partial charge on any atom is -0.293 e. The Kier molecular flexibility index (Phi) is 3.80. The molecule has 3 heteroatoms. The van der Waals surface area contributed by atoms with Crippen molar-refractivity contribution in [2.75, 3.05) is 4.90 Å². The van der Waals surface area contributed by atoms with E-state index in [1.165, 1.54) is 26.7 Å². The summed E-state index contributed by atoms with van der Waals surface area (Å²) >= 11 is 1.83. The van der Waals surface area contributed by atoms with E-state index in [-0.39, 0.29) is 0 Å². The van der Waals surface area contributed by atoms with Gasteiger partial charge in [0.1, 0.15) is 5.82 Å². The zero-order valence-corrected chi connectivity index (χ0v) is 13.9. The van der Waals surface area contributed by atoms with Gasteiger partial charge in [-0.15, -0.1) is 0 Å². The molecule has 1 aromatic heterocycles. The first-order chi connectivity index (χ1) is 11.4. The predicted molar refractivity (Wildman–Crippen MR) is 97.0 cm³/mol. The summed E-state index contributed by atoms with van der Waals surface area (Å²) in [5.41, 5.74) is 3.73. The smallest absolute Gasteiger partial charge is 0.140 e. The Bertz CT molecular complexity index is 799. The first-order valence-corrected chi connectivity index (χ1v) is 8.80. The quantitative estimate of drug-likeness (QED) is 0.463. The van der Waals surface area contributed by atoms with Gasteiger partial charge in [-0.2, -0.15) is 0 Å². The lowest BCUT2D eigenvalue weighted by Crippen LogP contribution is -2.17. The number of benzene rings is 2. The van der Waals surface area contributed by atoms with E-state index in [0.717, 1.165) is 18.7 Å². The fraction of sp³-hybridized carbons (Fsp3) is 0.150. The Morgan fingerprint density at radius 3 is 2.17 bits per heavy atom. The van der Waals surface area contributed by atoms with Crippen molar-refractivity contribution in [3.63, 3.8) is 0 Å². The second-order valence-electron chi connectivity index (χ2n) is 5.61. The summed E-state index contributed by atoms with van der Waals surface area (Å²) in [6, 6.07) is 21.4. The van der Waals surface area contributed by atoms with Gasteiger partial charge in [-0.3, -0.25) is 4.90 Å². The fourth-order valence-electron chi connectivity index (χ4n) is 3.03. The Morgan fingerprint density at radius 2 is 1.52 bits per heavy atom. The van der Waals surface area contributed by atoms with Crippen LogP contribution in [0.2, 0.25) is 0 Å². The van der Waals surface area contributed by atoms with E-state index >= 15 is 0 Å². The molecule has 0 amide bonds. The number of anilines is 3. The van der Waals surface area contributed by atoms with Crippen molar-refractivity contribution >= 4 is 29.0 Å². The number of aryl methyl sites for hydroxylation is 1. The van der Waals surface area contributed by atoms with Gasteiger partial charge < -0.3 is 0 Å². The summed E-state index contributed by atoms with van der Waals surface area (Å²) < 4.78 is 0. The number of fused-ring (bicyclic) bond motifs is 2. The largest absolute Gasteiger partial charge is 0.293 e. The van der Waals surface area contributed by atoms with Gasteiger partial charge in [-0.1, -0.05) is 55.4 Å². The van der Waals surface area contributed by atoms with Crippen LogP contribution in [0.25, 0.3) is 0 Å². The monoisotopic (exact) mass is 318 g/mol. The van der Waals surface area contributed by atoms with E-state index in [4.69, 9.17) is 4.98 Å². The van der Waals surface area contributed by atoms with Crippen molar-refractivity contribution in [2.45, 2.75) is 29.6 Å². The van der Waals surface area contributed by atoms with Gasteiger partial charge in [0, 0.05) is 16.0 Å². The predicted octanol–water partition coefficient (Wildman–Crippen LogP) is 5.97. The van der Waals surface area contributed by atoms with Crippen molar-refractivity contribution in [3.05, 3.63) is 72.4 Å². The Labute approximate surface area is 141 Å². The molecule has 1 aliphatic heterocycles. The van der Waals surface area contributed by atoms with Crippen LogP contribution in [0.4, 0.5) is 17.2 Å². The molecule has 0 unspecified atom stereocenters. The molecule has 0 atom stereocenters. The highest BCUT2D eigenvalue weighted by Crippen LogP contribution is 2.51. The highest BCUT2D eigenvalue weighted by Gasteiger charge is 2.26. The SMILES string of the molecule is CCCc1cccnc1N1c2ccccc2Sc2ccccc21. The maximum atomic E-state index is 4.74. The molecule has 0 N–H and O–H groups in total. The molecule has 3 aromatic rings. The number of aromatic nitrogens is 1. The van der Waals surface area contributed by atoms with Gasteiger partial charge in [0.25, 0.3) is 0 Å². The molecule has 2 nitrogen and oxygen atoms in total. The summed E-state index contributed by atoms with van der Waals surface area (Å²) in [7, 11) is 0. The highest BCUT2D eigenvalue weighted by molar-refractivity contribution is 7.99. The van der Waals surface area contributed by atoms with Gasteiger partial charge in [0.05, 0.1) is 11.4 Å². The van der Waals surface area contributed by atoms with Crippen molar-refractivity contribution in [3.8, 4) is 0 Å². The molecule has 0 aliphatic carbocycles. The van der Waals surface area contributed by atoms with Crippen LogP contribution in [0.15, 0.2) is 76.7 Å². The summed E-state index contributed by atoms with van der Waals surface area (Å²) in [5, 5.41) is 0. The number of hydrogen-bond acceptors (Lipinski definition) is 3. The average molecular weight is 318 g/mol. The number of hydrogen-bond donors (Lipinski definition) is 0. The van der Waals surface area contributed by atoms with Crippen LogP contribution in [0.5, 0.6) is 0 Å². The molecule has 0 fully saturated rings. The fourth-order valence-corrected chi connectivity index (χ4v) is 4.09. The maximum absolute atomic E-state index is 4.74. The molecule has 4 rings (SSSR count). The minimum absolute atomic E-state index is 1.04. The van der Waals surface area contributed by atoms with Gasteiger partial charge in [-0.25, -0.2) is 4.98 Å². The molecule has 2 aromatic carbocycles. The van der Waals surface area contributed by atoms with Crippen molar-refractivity contribution in [1.29, 1.82) is 0 Å². The molecular weight excluding hydrogens is 300 g/mol. The lowest BCUT2D eigenvalue weighted by atomic mass is 10.1. The van der Waals surface area contributed by atoms with Crippen LogP contribution in [0, 0.1) is 0 Å². The third-order valence-electron chi connectivity index (χ3n) is 4.03. The molecular formula is C20H18N2S. The number of para-hydroxylation sites is 2. The Balaban J connectivity index is 1.95. The highest BCUT2D eigenvalue weighted by atomic mass is 32.2. The molecule has 0 radical (unpaired) electrons. The van der Waals surface area contributed by atoms with Crippen LogP contribution < -0.4 is 4.90 Å². The lowest BCUT2D eigenvalue weighted by molar-refractivity contribution is 0.907. The first kappa shape index (κ1) is 14.3. The van der Waals surface area contributed by atoms with E-state index in [9.17, 15) is 0 Å². The molecule has 23 heavy (non-hydrogen) atoms. The van der Waals surface area contributed by atoms with E-state index in [2.05, 4.69) is 66.4 Å². The first-order valence-electron chi connectivity index (χ1n) is 7.98. The Hall–Kier alpha value is -2.26. The van der Waals surface area contributed by atoms with Crippen LogP contribution in [0.3, 0.4) is 0 Å². The van der Waals surface area contributed by atoms with Gasteiger partial charge in [-0.05, 0) is 42.3 Å². The minimum atomic E-state index is 1.04. The molecule has 0 spiro atoms. The summed E-state index contributed by atoms with van der Waals surface area (Å²) in [4.78, 5) is 9.60. The summed E-state index contributed by atoms with van der Waals surface area (Å²) in [6.07, 6.45) is 4.04. The molecule has 0 saturated carbocycles. The van der Waals surface area contributed by atoms with Crippen molar-refractivity contribution < 1.29 is 0 Å². The topological polar surface area (TPSA) is 16.1 Å². The molecule has 2 heterocycles. The number of nitrogens with zero attached hydrogens (tertiary/aromatic N) is 2. The third kappa shape index (κ3) is 2.51. The van der Waals surface area contributed by atoms with Gasteiger partial charge in [0.15, 0.2) is 0 Å². The van der Waals surface area contributed by atoms with Crippen LogP contribution >= 0.6 is 11.8 Å². The zero-order valence-electron chi connectivity index (χ0n) is 13.1. The standard InChI is InChI=1S/C20H18N2S/c1-2-8-15-9-7-14-21-20(15)22-16-10-3-5-12-18(16)23-19-13-6-4-11-17(19)22/h3-7,9-14H,2,8H2,1H3. The second-order valence-corrected chi connectivity index (χ2v) is 6.69. The van der Waals surface area contributed by atoms with Gasteiger partial charge >= 0.3 is 0 Å².